The number of carbonyl (C=O) groups excluding carboxylic acids is 2. The number of amides is 1. The number of methoxy groups -OCH3 is 2. The normalized spacial score (nSPS) is 24.9. The van der Waals surface area contributed by atoms with Crippen molar-refractivity contribution in [1.29, 1.82) is 5.26 Å². The van der Waals surface area contributed by atoms with E-state index in [-0.39, 0.29) is 116 Å². The first-order chi connectivity index (χ1) is 31.2. The molecule has 1 saturated carbocycles. The Hall–Kier alpha value is -4.52. The Bertz CT molecular complexity index is 2260. The Morgan fingerprint density at radius 1 is 1.03 bits per heavy atom. The summed E-state index contributed by atoms with van der Waals surface area (Å²) < 4.78 is 49.6. The van der Waals surface area contributed by atoms with E-state index in [1.54, 1.807) is 43.5 Å². The van der Waals surface area contributed by atoms with E-state index in [0.29, 0.717) is 12.1 Å². The van der Waals surface area contributed by atoms with Crippen molar-refractivity contribution < 1.29 is 42.3 Å². The van der Waals surface area contributed by atoms with E-state index in [2.05, 4.69) is 66.3 Å². The fraction of sp³-hybridized carbons (Fsp3) is 0.698. The molecule has 0 aromatic carbocycles. The lowest BCUT2D eigenvalue weighted by molar-refractivity contribution is -0.122. The van der Waals surface area contributed by atoms with E-state index in [1.807, 2.05) is 0 Å². The van der Waals surface area contributed by atoms with E-state index in [1.165, 1.54) is 23.2 Å². The number of fused-ring (bicyclic) bond motifs is 1. The summed E-state index contributed by atoms with van der Waals surface area (Å²) in [7, 11) is 1.51. The molecule has 3 aromatic rings. The van der Waals surface area contributed by atoms with Crippen LogP contribution >= 0.6 is 8.38 Å². The molecule has 6 rings (SSSR count). The third-order valence-electron chi connectivity index (χ3n) is 11.9. The number of ether oxygens (including phenoxy) is 5. The molecule has 2 fully saturated rings. The van der Waals surface area contributed by atoms with E-state index in [4.69, 9.17) is 37.7 Å². The van der Waals surface area contributed by atoms with Crippen molar-refractivity contribution in [3.05, 3.63) is 57.0 Å². The summed E-state index contributed by atoms with van der Waals surface area (Å²) in [6.45, 7) is 14.9. The third-order valence-corrected chi connectivity index (χ3v) is 14.5. The predicted octanol–water partition coefficient (Wildman–Crippen LogP) is 4.22. The summed E-state index contributed by atoms with van der Waals surface area (Å²) in [5.74, 6) is -0.148. The lowest BCUT2D eigenvalue weighted by Crippen LogP contribution is -2.39. The average molecular weight is 927 g/mol. The number of nitriles is 1. The molecule has 5 heterocycles. The maximum Gasteiger partial charge on any atom is 0.328 e. The van der Waals surface area contributed by atoms with E-state index >= 15 is 0 Å². The fourth-order valence-electron chi connectivity index (χ4n) is 8.81. The van der Waals surface area contributed by atoms with Crippen molar-refractivity contribution in [3.63, 3.8) is 0 Å². The summed E-state index contributed by atoms with van der Waals surface area (Å²) in [5, 5.41) is 21.1. The molecule has 65 heavy (non-hydrogen) atoms. The molecule has 2 N–H and O–H groups in total. The average Bonchev–Trinajstić information content (AvgIpc) is 4.05. The minimum absolute atomic E-state index is 0.0330. The van der Waals surface area contributed by atoms with Gasteiger partial charge in [0.1, 0.15) is 35.9 Å². The Morgan fingerprint density at radius 3 is 2.46 bits per heavy atom. The van der Waals surface area contributed by atoms with Gasteiger partial charge in [-0.3, -0.25) is 28.5 Å². The van der Waals surface area contributed by atoms with Crippen LogP contribution in [0.15, 0.2) is 39.4 Å². The number of aromatic nitrogens is 7. The summed E-state index contributed by atoms with van der Waals surface area (Å²) in [5.41, 5.74) is -0.341. The Balaban J connectivity index is 1.31. The molecule has 0 bridgehead atoms. The lowest BCUT2D eigenvalue weighted by Gasteiger charge is -2.35. The number of aromatic amines is 1. The number of amidine groups is 1. The molecular weight excluding hydrogens is 864 g/mol. The van der Waals surface area contributed by atoms with Gasteiger partial charge < -0.3 is 38.0 Å². The summed E-state index contributed by atoms with van der Waals surface area (Å²) in [6, 6.07) is 3.13. The molecule has 0 spiro atoms. The maximum absolute atomic E-state index is 13.4. The van der Waals surface area contributed by atoms with Gasteiger partial charge >= 0.3 is 5.69 Å². The van der Waals surface area contributed by atoms with Gasteiger partial charge in [0.15, 0.2) is 31.9 Å². The summed E-state index contributed by atoms with van der Waals surface area (Å²) >= 11 is 0. The van der Waals surface area contributed by atoms with Crippen molar-refractivity contribution in [2.45, 2.75) is 136 Å². The molecule has 1 saturated heterocycles. The molecular formula is C43H63N10O11P. The van der Waals surface area contributed by atoms with Crippen LogP contribution < -0.4 is 16.6 Å². The molecule has 3 unspecified atom stereocenters. The van der Waals surface area contributed by atoms with Gasteiger partial charge in [-0.05, 0) is 24.2 Å². The number of H-pyrrole nitrogens is 1. The first-order valence-corrected chi connectivity index (χ1v) is 23.5. The van der Waals surface area contributed by atoms with Gasteiger partial charge in [-0.15, -0.1) is 5.10 Å². The Kier molecular flexibility index (Phi) is 17.5. The molecule has 0 radical (unpaired) electrons. The predicted molar refractivity (Wildman–Crippen MR) is 236 cm³/mol. The fourth-order valence-corrected chi connectivity index (χ4v) is 10.9. The molecule has 356 valence electrons. The number of imidazole rings is 1. The van der Waals surface area contributed by atoms with Gasteiger partial charge in [0.25, 0.3) is 5.56 Å². The Morgan fingerprint density at radius 2 is 1.80 bits per heavy atom. The topological polar surface area (TPSA) is 250 Å². The SMILES string of the molecule is CC[C@H]1C[C@@H](n2ccc(=O)[nH]c2=O)[C@@H](OC)C1OCc1cn(C[C@H]2O[C@@H](n3cnc4c3N=C(NC(=O)C(C)C)CC4=O)[C@@H](OCCOC)C2OP(OCCC#N)C(C(C)C)C(C)C)nn1. The van der Waals surface area contributed by atoms with Crippen LogP contribution in [-0.2, 0) is 50.7 Å². The van der Waals surface area contributed by atoms with E-state index < -0.39 is 50.3 Å². The number of aliphatic imine (C=N–C) groups is 1. The molecule has 9 atom stereocenters. The van der Waals surface area contributed by atoms with Crippen molar-refractivity contribution in [2.75, 3.05) is 34.0 Å². The highest BCUT2D eigenvalue weighted by Crippen LogP contribution is 2.54. The van der Waals surface area contributed by atoms with Crippen LogP contribution in [0.4, 0.5) is 5.82 Å². The standard InChI is InChI=1S/C43H63N10O11P/c1-10-27-18-29(52-14-12-33(55)48-43(52)57)36(59-9)35(27)61-22-28-20-51(50-49-28)21-31-37(64-65(62-15-11-13-44)39(24(2)3)25(4)5)38(60-17-16-58-8)42(63-31)53-23-45-34-30(54)19-32(46-40(34)53)47-41(56)26(6)7/h12,14,20,23-27,29,31,35-39,42H,10-11,15-19,21-22H2,1-9H3,(H,46,47,56)(H,48,55,57)/t27-,29+,31+,35?,36+,37?,38-,42+,65?/m0/s1. The smallest absolute Gasteiger partial charge is 0.328 e. The minimum atomic E-state index is -1.64. The van der Waals surface area contributed by atoms with Crippen LogP contribution in [0.2, 0.25) is 0 Å². The highest BCUT2D eigenvalue weighted by Gasteiger charge is 2.51. The third kappa shape index (κ3) is 11.7. The van der Waals surface area contributed by atoms with Crippen molar-refractivity contribution in [3.8, 4) is 6.07 Å². The second kappa shape index (κ2) is 22.8. The molecule has 3 aliphatic rings. The van der Waals surface area contributed by atoms with Gasteiger partial charge in [-0.25, -0.2) is 19.5 Å². The molecule has 21 nitrogen and oxygen atoms in total. The number of carbonyl (C=O) groups is 2. The Labute approximate surface area is 379 Å². The highest BCUT2D eigenvalue weighted by atomic mass is 31.2. The molecule has 1 aliphatic carbocycles. The van der Waals surface area contributed by atoms with Gasteiger partial charge in [-0.1, -0.05) is 60.1 Å². The van der Waals surface area contributed by atoms with E-state index in [9.17, 15) is 24.4 Å². The number of Topliss-reactive ketones (excluding diaryl/α,β-unsaturated/α-hetero) is 1. The number of nitrogens with zero attached hydrogens (tertiary/aromatic N) is 8. The lowest BCUT2D eigenvalue weighted by atomic mass is 10.00. The summed E-state index contributed by atoms with van der Waals surface area (Å²) in [4.78, 5) is 62.2. The second-order valence-corrected chi connectivity index (χ2v) is 19.1. The number of nitrogens with one attached hydrogen (secondary N) is 2. The zero-order valence-electron chi connectivity index (χ0n) is 38.6. The zero-order valence-corrected chi connectivity index (χ0v) is 39.5. The quantitative estimate of drug-likeness (QED) is 0.106. The van der Waals surface area contributed by atoms with Crippen LogP contribution in [0.25, 0.3) is 0 Å². The largest absolute Gasteiger partial charge is 0.382 e. The van der Waals surface area contributed by atoms with Gasteiger partial charge in [0.05, 0.1) is 76.6 Å². The van der Waals surface area contributed by atoms with Crippen molar-refractivity contribution in [2.24, 2.45) is 28.7 Å². The van der Waals surface area contributed by atoms with E-state index in [0.717, 1.165) is 6.42 Å². The van der Waals surface area contributed by atoms with Crippen LogP contribution in [0, 0.1) is 35.0 Å². The zero-order chi connectivity index (χ0) is 46.9. The molecule has 1 amide bonds. The van der Waals surface area contributed by atoms with Crippen molar-refractivity contribution >= 4 is 31.7 Å². The van der Waals surface area contributed by atoms with Gasteiger partial charge in [-0.2, -0.15) is 5.26 Å². The van der Waals surface area contributed by atoms with Gasteiger partial charge in [0.2, 0.25) is 5.91 Å². The summed E-state index contributed by atoms with van der Waals surface area (Å²) in [6.07, 6.45) is 2.01. The van der Waals surface area contributed by atoms with Crippen LogP contribution in [0.1, 0.15) is 103 Å². The number of hydrogen-bond donors (Lipinski definition) is 2. The van der Waals surface area contributed by atoms with Crippen LogP contribution in [-0.4, -0.2) is 122 Å². The van der Waals surface area contributed by atoms with Crippen molar-refractivity contribution in [1.82, 2.24) is 39.4 Å². The van der Waals surface area contributed by atoms with Crippen LogP contribution in [0.5, 0.6) is 0 Å². The molecule has 2 aliphatic heterocycles. The second-order valence-electron chi connectivity index (χ2n) is 17.5. The monoisotopic (exact) mass is 926 g/mol. The first-order valence-electron chi connectivity index (χ1n) is 22.2. The number of rotatable bonds is 22. The van der Waals surface area contributed by atoms with Crippen LogP contribution in [0.3, 0.4) is 0 Å². The first kappa shape index (κ1) is 49.9. The molecule has 3 aromatic heterocycles. The highest BCUT2D eigenvalue weighted by molar-refractivity contribution is 7.48. The molecule has 22 heteroatoms. The number of hydrogen-bond acceptors (Lipinski definition) is 16. The minimum Gasteiger partial charge on any atom is -0.382 e. The number of ketones is 1. The van der Waals surface area contributed by atoms with Gasteiger partial charge in [0, 0.05) is 38.1 Å². The maximum atomic E-state index is 13.4.